The van der Waals surface area contributed by atoms with Gasteiger partial charge in [-0.3, -0.25) is 0 Å². The SMILES string of the molecule is O[C@H]1OCCC1[C@H](O)C(F)(F)F. The summed E-state index contributed by atoms with van der Waals surface area (Å²) >= 11 is 0. The number of alkyl halides is 3. The van der Waals surface area contributed by atoms with Crippen molar-refractivity contribution in [2.75, 3.05) is 6.61 Å². The zero-order valence-corrected chi connectivity index (χ0v) is 6.08. The Hall–Kier alpha value is -0.330. The van der Waals surface area contributed by atoms with E-state index in [1.54, 1.807) is 0 Å². The molecule has 1 unspecified atom stereocenters. The Kier molecular flexibility index (Phi) is 2.60. The molecule has 12 heavy (non-hydrogen) atoms. The Bertz CT molecular complexity index is 159. The highest BCUT2D eigenvalue weighted by molar-refractivity contribution is 4.80. The lowest BCUT2D eigenvalue weighted by Crippen LogP contribution is -2.39. The number of hydrogen-bond acceptors (Lipinski definition) is 3. The van der Waals surface area contributed by atoms with Crippen molar-refractivity contribution in [3.05, 3.63) is 0 Å². The van der Waals surface area contributed by atoms with Crippen LogP contribution in [0.15, 0.2) is 0 Å². The Morgan fingerprint density at radius 2 is 2.00 bits per heavy atom. The maximum absolute atomic E-state index is 11.9. The van der Waals surface area contributed by atoms with Gasteiger partial charge in [-0.1, -0.05) is 0 Å². The van der Waals surface area contributed by atoms with Gasteiger partial charge in [0.05, 0.1) is 6.61 Å². The third-order valence-corrected chi connectivity index (χ3v) is 1.85. The van der Waals surface area contributed by atoms with Gasteiger partial charge in [-0.2, -0.15) is 13.2 Å². The number of ether oxygens (including phenoxy) is 1. The second kappa shape index (κ2) is 3.20. The van der Waals surface area contributed by atoms with Gasteiger partial charge in [-0.05, 0) is 6.42 Å². The largest absolute Gasteiger partial charge is 0.414 e. The predicted molar refractivity (Wildman–Crippen MR) is 32.1 cm³/mol. The number of halogens is 3. The Morgan fingerprint density at radius 3 is 2.33 bits per heavy atom. The summed E-state index contributed by atoms with van der Waals surface area (Å²) in [5, 5.41) is 17.5. The highest BCUT2D eigenvalue weighted by Crippen LogP contribution is 2.32. The summed E-state index contributed by atoms with van der Waals surface area (Å²) in [6.07, 6.45) is -8.64. The van der Waals surface area contributed by atoms with E-state index in [9.17, 15) is 13.2 Å². The van der Waals surface area contributed by atoms with Crippen molar-refractivity contribution >= 4 is 0 Å². The first-order valence-electron chi connectivity index (χ1n) is 3.47. The van der Waals surface area contributed by atoms with Crippen LogP contribution in [0.25, 0.3) is 0 Å². The molecule has 1 saturated heterocycles. The normalized spacial score (nSPS) is 33.8. The summed E-state index contributed by atoms with van der Waals surface area (Å²) in [5.74, 6) is -1.25. The van der Waals surface area contributed by atoms with E-state index in [1.165, 1.54) is 0 Å². The third-order valence-electron chi connectivity index (χ3n) is 1.85. The van der Waals surface area contributed by atoms with Crippen LogP contribution in [0.1, 0.15) is 6.42 Å². The molecule has 1 rings (SSSR count). The molecule has 1 aliphatic heterocycles. The van der Waals surface area contributed by atoms with Gasteiger partial charge >= 0.3 is 6.18 Å². The number of rotatable bonds is 1. The maximum atomic E-state index is 11.9. The van der Waals surface area contributed by atoms with Gasteiger partial charge in [0, 0.05) is 5.92 Å². The molecule has 1 heterocycles. The fourth-order valence-corrected chi connectivity index (χ4v) is 1.15. The first-order chi connectivity index (χ1) is 5.43. The van der Waals surface area contributed by atoms with Crippen LogP contribution < -0.4 is 0 Å². The Morgan fingerprint density at radius 1 is 1.42 bits per heavy atom. The molecule has 0 amide bonds. The summed E-state index contributed by atoms with van der Waals surface area (Å²) in [6.45, 7) is 0.0545. The van der Waals surface area contributed by atoms with Crippen molar-refractivity contribution < 1.29 is 28.1 Å². The average molecular weight is 186 g/mol. The van der Waals surface area contributed by atoms with E-state index in [0.717, 1.165) is 0 Å². The number of hydrogen-bond donors (Lipinski definition) is 2. The van der Waals surface area contributed by atoms with Gasteiger partial charge in [-0.25, -0.2) is 0 Å². The smallest absolute Gasteiger partial charge is 0.383 e. The standard InChI is InChI=1S/C6H9F3O3/c7-6(8,9)4(10)3-1-2-12-5(3)11/h3-5,10-11H,1-2H2/t3?,4-,5-/m0/s1. The van der Waals surface area contributed by atoms with Crippen molar-refractivity contribution in [1.29, 1.82) is 0 Å². The summed E-state index contributed by atoms with van der Waals surface area (Å²) in [5.41, 5.74) is 0. The van der Waals surface area contributed by atoms with Crippen LogP contribution in [-0.2, 0) is 4.74 Å². The predicted octanol–water partition coefficient (Wildman–Crippen LogP) is 0.265. The molecule has 1 fully saturated rings. The molecule has 0 aromatic heterocycles. The number of aliphatic hydroxyl groups is 2. The molecule has 0 radical (unpaired) electrons. The van der Waals surface area contributed by atoms with Gasteiger partial charge in [0.15, 0.2) is 12.4 Å². The summed E-state index contributed by atoms with van der Waals surface area (Å²) in [6, 6.07) is 0. The van der Waals surface area contributed by atoms with Crippen LogP contribution in [-0.4, -0.2) is 35.4 Å². The first kappa shape index (κ1) is 9.76. The topological polar surface area (TPSA) is 49.7 Å². The lowest BCUT2D eigenvalue weighted by molar-refractivity contribution is -0.237. The fraction of sp³-hybridized carbons (Fsp3) is 1.00. The molecule has 0 aliphatic carbocycles. The van der Waals surface area contributed by atoms with Crippen LogP contribution >= 0.6 is 0 Å². The van der Waals surface area contributed by atoms with Gasteiger partial charge in [0.2, 0.25) is 0 Å². The monoisotopic (exact) mass is 186 g/mol. The van der Waals surface area contributed by atoms with Crippen LogP contribution in [0.4, 0.5) is 13.2 Å². The highest BCUT2D eigenvalue weighted by Gasteiger charge is 2.47. The molecule has 1 aliphatic rings. The molecule has 0 saturated carbocycles. The van der Waals surface area contributed by atoms with Gasteiger partial charge < -0.3 is 14.9 Å². The van der Waals surface area contributed by atoms with Gasteiger partial charge in [-0.15, -0.1) is 0 Å². The summed E-state index contributed by atoms with van der Waals surface area (Å²) in [7, 11) is 0. The van der Waals surface area contributed by atoms with Gasteiger partial charge in [0.1, 0.15) is 0 Å². The van der Waals surface area contributed by atoms with Crippen molar-refractivity contribution in [3.63, 3.8) is 0 Å². The van der Waals surface area contributed by atoms with Crippen LogP contribution in [0, 0.1) is 5.92 Å². The van der Waals surface area contributed by atoms with E-state index in [-0.39, 0.29) is 13.0 Å². The Labute approximate surface area is 66.8 Å². The molecule has 0 aromatic rings. The van der Waals surface area contributed by atoms with E-state index in [0.29, 0.717) is 0 Å². The van der Waals surface area contributed by atoms with Crippen LogP contribution in [0.5, 0.6) is 0 Å². The van der Waals surface area contributed by atoms with E-state index in [2.05, 4.69) is 4.74 Å². The quantitative estimate of drug-likeness (QED) is 0.617. The van der Waals surface area contributed by atoms with Crippen LogP contribution in [0.2, 0.25) is 0 Å². The first-order valence-corrected chi connectivity index (χ1v) is 3.47. The fourth-order valence-electron chi connectivity index (χ4n) is 1.15. The van der Waals surface area contributed by atoms with Crippen LogP contribution in [0.3, 0.4) is 0 Å². The Balaban J connectivity index is 2.57. The minimum Gasteiger partial charge on any atom is -0.383 e. The zero-order chi connectivity index (χ0) is 9.35. The summed E-state index contributed by atoms with van der Waals surface area (Å²) in [4.78, 5) is 0. The lowest BCUT2D eigenvalue weighted by Gasteiger charge is -2.21. The van der Waals surface area contributed by atoms with E-state index in [4.69, 9.17) is 10.2 Å². The average Bonchev–Trinajstić information content (AvgIpc) is 2.31. The van der Waals surface area contributed by atoms with Crippen molar-refractivity contribution in [2.45, 2.75) is 25.0 Å². The second-order valence-electron chi connectivity index (χ2n) is 2.70. The minimum atomic E-state index is -4.68. The van der Waals surface area contributed by atoms with Crippen molar-refractivity contribution in [3.8, 4) is 0 Å². The zero-order valence-electron chi connectivity index (χ0n) is 6.08. The van der Waals surface area contributed by atoms with E-state index in [1.807, 2.05) is 0 Å². The molecule has 3 atom stereocenters. The molecular weight excluding hydrogens is 177 g/mol. The van der Waals surface area contributed by atoms with Crippen molar-refractivity contribution in [2.24, 2.45) is 5.92 Å². The molecule has 0 aromatic carbocycles. The molecule has 3 nitrogen and oxygen atoms in total. The van der Waals surface area contributed by atoms with E-state index < -0.39 is 24.5 Å². The molecule has 6 heteroatoms. The van der Waals surface area contributed by atoms with Crippen molar-refractivity contribution in [1.82, 2.24) is 0 Å². The van der Waals surface area contributed by atoms with Gasteiger partial charge in [0.25, 0.3) is 0 Å². The minimum absolute atomic E-state index is 0.0296. The summed E-state index contributed by atoms with van der Waals surface area (Å²) < 4.78 is 40.1. The molecular formula is C6H9F3O3. The highest BCUT2D eigenvalue weighted by atomic mass is 19.4. The second-order valence-corrected chi connectivity index (χ2v) is 2.70. The van der Waals surface area contributed by atoms with E-state index >= 15 is 0 Å². The molecule has 0 spiro atoms. The molecule has 0 bridgehead atoms. The third kappa shape index (κ3) is 1.88. The maximum Gasteiger partial charge on any atom is 0.414 e. The number of aliphatic hydroxyl groups excluding tert-OH is 2. The molecule has 2 N–H and O–H groups in total. The molecule has 72 valence electrons. The lowest BCUT2D eigenvalue weighted by atomic mass is 10.0.